The predicted molar refractivity (Wildman–Crippen MR) is 100 cm³/mol. The molecule has 0 unspecified atom stereocenters. The fourth-order valence-electron chi connectivity index (χ4n) is 2.05. The first-order valence-corrected chi connectivity index (χ1v) is 8.63. The highest BCUT2D eigenvalue weighted by molar-refractivity contribution is 6.30. The zero-order valence-corrected chi connectivity index (χ0v) is 15.9. The van der Waals surface area contributed by atoms with E-state index in [0.29, 0.717) is 30.4 Å². The molecule has 0 atom stereocenters. The Morgan fingerprint density at radius 3 is 2.28 bits per heavy atom. The first-order valence-electron chi connectivity index (χ1n) is 8.25. The van der Waals surface area contributed by atoms with Crippen molar-refractivity contribution in [3.63, 3.8) is 0 Å². The van der Waals surface area contributed by atoms with Crippen molar-refractivity contribution in [1.29, 1.82) is 0 Å². The van der Waals surface area contributed by atoms with Gasteiger partial charge in [0.05, 0.1) is 13.7 Å². The Bertz CT molecular complexity index is 653. The number of carbonyl (C=O) groups excluding carboxylic acids is 1. The van der Waals surface area contributed by atoms with Crippen LogP contribution in [-0.4, -0.2) is 19.7 Å². The van der Waals surface area contributed by atoms with Crippen LogP contribution in [-0.2, 0) is 22.6 Å². The molecule has 0 fully saturated rings. The molecule has 0 aliphatic carbocycles. The van der Waals surface area contributed by atoms with Crippen molar-refractivity contribution >= 4 is 17.6 Å². The summed E-state index contributed by atoms with van der Waals surface area (Å²) >= 11 is 6.11. The fraction of sp³-hybridized carbons (Fsp3) is 0.350. The molecule has 0 saturated heterocycles. The van der Waals surface area contributed by atoms with E-state index in [1.54, 1.807) is 13.2 Å². The van der Waals surface area contributed by atoms with E-state index in [1.807, 2.05) is 50.2 Å². The molecule has 0 heterocycles. The minimum Gasteiger partial charge on any atom is -0.497 e. The lowest BCUT2D eigenvalue weighted by Crippen LogP contribution is -2.03. The summed E-state index contributed by atoms with van der Waals surface area (Å²) < 4.78 is 15.8. The molecule has 0 bridgehead atoms. The lowest BCUT2D eigenvalue weighted by atomic mass is 10.1. The quantitative estimate of drug-likeness (QED) is 0.644. The first kappa shape index (κ1) is 20.8. The molecule has 136 valence electrons. The van der Waals surface area contributed by atoms with Crippen LogP contribution < -0.4 is 9.47 Å². The number of halogens is 1. The highest BCUT2D eigenvalue weighted by Crippen LogP contribution is 2.23. The van der Waals surface area contributed by atoms with Gasteiger partial charge in [0.2, 0.25) is 0 Å². The first-order chi connectivity index (χ1) is 12.1. The maximum absolute atomic E-state index is 10.8. The summed E-state index contributed by atoms with van der Waals surface area (Å²) in [6.07, 6.45) is 0.596. The van der Waals surface area contributed by atoms with Crippen molar-refractivity contribution in [3.8, 4) is 11.5 Å². The molecule has 0 aromatic heterocycles. The van der Waals surface area contributed by atoms with Crippen molar-refractivity contribution in [2.75, 3.05) is 13.7 Å². The summed E-state index contributed by atoms with van der Waals surface area (Å²) in [6, 6.07) is 13.2. The second-order valence-electron chi connectivity index (χ2n) is 5.02. The highest BCUT2D eigenvalue weighted by Gasteiger charge is 2.03. The van der Waals surface area contributed by atoms with E-state index in [-0.39, 0.29) is 5.97 Å². The summed E-state index contributed by atoms with van der Waals surface area (Å²) in [5, 5.41) is 0.593. The van der Waals surface area contributed by atoms with Crippen LogP contribution >= 0.6 is 11.6 Å². The SMILES string of the molecule is CC.COc1ccc(COc2cc(Cl)cc(CCOC(C)=O)c2)cc1. The van der Waals surface area contributed by atoms with Gasteiger partial charge < -0.3 is 14.2 Å². The van der Waals surface area contributed by atoms with Crippen molar-refractivity contribution in [2.24, 2.45) is 0 Å². The van der Waals surface area contributed by atoms with Gasteiger partial charge in [-0.1, -0.05) is 37.6 Å². The fourth-order valence-corrected chi connectivity index (χ4v) is 2.30. The average molecular weight is 365 g/mol. The molecule has 2 aromatic carbocycles. The summed E-state index contributed by atoms with van der Waals surface area (Å²) in [4.78, 5) is 10.8. The third kappa shape index (κ3) is 7.94. The highest BCUT2D eigenvalue weighted by atomic mass is 35.5. The van der Waals surface area contributed by atoms with Gasteiger partial charge in [0.25, 0.3) is 0 Å². The number of methoxy groups -OCH3 is 1. The van der Waals surface area contributed by atoms with Crippen LogP contribution in [0.2, 0.25) is 5.02 Å². The van der Waals surface area contributed by atoms with E-state index < -0.39 is 0 Å². The second kappa shape index (κ2) is 11.4. The largest absolute Gasteiger partial charge is 0.497 e. The Morgan fingerprint density at radius 2 is 1.68 bits per heavy atom. The molecule has 0 saturated carbocycles. The third-order valence-electron chi connectivity index (χ3n) is 3.19. The van der Waals surface area contributed by atoms with E-state index in [2.05, 4.69) is 0 Å². The number of rotatable bonds is 7. The van der Waals surface area contributed by atoms with E-state index in [4.69, 9.17) is 25.8 Å². The van der Waals surface area contributed by atoms with Crippen molar-refractivity contribution in [1.82, 2.24) is 0 Å². The maximum atomic E-state index is 10.8. The molecule has 0 aliphatic rings. The molecule has 0 aliphatic heterocycles. The van der Waals surface area contributed by atoms with Crippen LogP contribution in [0.3, 0.4) is 0 Å². The van der Waals surface area contributed by atoms with Crippen molar-refractivity contribution in [2.45, 2.75) is 33.8 Å². The van der Waals surface area contributed by atoms with Gasteiger partial charge in [-0.25, -0.2) is 0 Å². The summed E-state index contributed by atoms with van der Waals surface area (Å²) in [5.74, 6) is 1.21. The Labute approximate surface area is 154 Å². The lowest BCUT2D eigenvalue weighted by molar-refractivity contribution is -0.140. The molecule has 0 N–H and O–H groups in total. The predicted octanol–water partition coefficient (Wildman–Crippen LogP) is 5.06. The zero-order chi connectivity index (χ0) is 18.7. The van der Waals surface area contributed by atoms with Gasteiger partial charge >= 0.3 is 5.97 Å². The molecule has 0 radical (unpaired) electrons. The Kier molecular flexibility index (Phi) is 9.48. The zero-order valence-electron chi connectivity index (χ0n) is 15.2. The molecular weight excluding hydrogens is 340 g/mol. The van der Waals surface area contributed by atoms with Gasteiger partial charge in [0.1, 0.15) is 18.1 Å². The van der Waals surface area contributed by atoms with Gasteiger partial charge in [0.15, 0.2) is 0 Å². The molecule has 2 rings (SSSR count). The van der Waals surface area contributed by atoms with E-state index in [0.717, 1.165) is 16.9 Å². The number of hydrogen-bond donors (Lipinski definition) is 0. The molecular formula is C20H25ClO4. The topological polar surface area (TPSA) is 44.8 Å². The average Bonchev–Trinajstić information content (AvgIpc) is 2.61. The monoisotopic (exact) mass is 364 g/mol. The number of ether oxygens (including phenoxy) is 3. The van der Waals surface area contributed by atoms with E-state index in [1.165, 1.54) is 6.92 Å². The number of carbonyl (C=O) groups is 1. The van der Waals surface area contributed by atoms with Gasteiger partial charge in [0, 0.05) is 18.4 Å². The van der Waals surface area contributed by atoms with Crippen molar-refractivity contribution in [3.05, 3.63) is 58.6 Å². The van der Waals surface area contributed by atoms with Crippen LogP contribution in [0.1, 0.15) is 31.9 Å². The minimum absolute atomic E-state index is 0.289. The number of benzene rings is 2. The number of esters is 1. The van der Waals surface area contributed by atoms with Crippen LogP contribution in [0.5, 0.6) is 11.5 Å². The van der Waals surface area contributed by atoms with Crippen LogP contribution in [0.25, 0.3) is 0 Å². The maximum Gasteiger partial charge on any atom is 0.302 e. The molecule has 25 heavy (non-hydrogen) atoms. The smallest absolute Gasteiger partial charge is 0.302 e. The third-order valence-corrected chi connectivity index (χ3v) is 3.41. The second-order valence-corrected chi connectivity index (χ2v) is 5.46. The standard InChI is InChI=1S/C18H19ClO4.C2H6/c1-13(20)22-8-7-15-9-16(19)11-18(10-15)23-12-14-3-5-17(21-2)6-4-14;1-2/h3-6,9-11H,7-8,12H2,1-2H3;1-2H3. The lowest BCUT2D eigenvalue weighted by Gasteiger charge is -2.10. The van der Waals surface area contributed by atoms with Crippen molar-refractivity contribution < 1.29 is 19.0 Å². The Morgan fingerprint density at radius 1 is 1.00 bits per heavy atom. The van der Waals surface area contributed by atoms with E-state index in [9.17, 15) is 4.79 Å². The molecule has 2 aromatic rings. The van der Waals surface area contributed by atoms with Gasteiger partial charge in [-0.3, -0.25) is 4.79 Å². The van der Waals surface area contributed by atoms with Crippen LogP contribution in [0, 0.1) is 0 Å². The van der Waals surface area contributed by atoms with Gasteiger partial charge in [-0.15, -0.1) is 0 Å². The summed E-state index contributed by atoms with van der Waals surface area (Å²) in [7, 11) is 1.63. The normalized spacial score (nSPS) is 9.64. The molecule has 5 heteroatoms. The van der Waals surface area contributed by atoms with E-state index >= 15 is 0 Å². The number of hydrogen-bond acceptors (Lipinski definition) is 4. The van der Waals surface area contributed by atoms with Crippen LogP contribution in [0.15, 0.2) is 42.5 Å². The summed E-state index contributed by atoms with van der Waals surface area (Å²) in [6.45, 7) is 6.16. The minimum atomic E-state index is -0.289. The Balaban J connectivity index is 0.00000151. The Hall–Kier alpha value is -2.20. The summed E-state index contributed by atoms with van der Waals surface area (Å²) in [5.41, 5.74) is 2.00. The molecule has 4 nitrogen and oxygen atoms in total. The van der Waals surface area contributed by atoms with Gasteiger partial charge in [-0.2, -0.15) is 0 Å². The molecule has 0 spiro atoms. The van der Waals surface area contributed by atoms with Crippen LogP contribution in [0.4, 0.5) is 0 Å². The van der Waals surface area contributed by atoms with Gasteiger partial charge in [-0.05, 0) is 41.5 Å². The molecule has 0 amide bonds.